The van der Waals surface area contributed by atoms with Crippen molar-refractivity contribution in [1.29, 1.82) is 0 Å². The molecule has 0 heterocycles. The number of nitrogens with zero attached hydrogens (tertiary/aromatic N) is 8. The van der Waals surface area contributed by atoms with Crippen LogP contribution in [0.5, 0.6) is 23.0 Å². The van der Waals surface area contributed by atoms with Crippen molar-refractivity contribution in [2.45, 2.75) is 24.5 Å². The first-order chi connectivity index (χ1) is 37.9. The Morgan fingerprint density at radius 3 is 1.59 bits per heavy atom. The predicted octanol–water partition coefficient (Wildman–Crippen LogP) is 10.4. The Morgan fingerprint density at radius 2 is 0.938 bits per heavy atom. The summed E-state index contributed by atoms with van der Waals surface area (Å²) in [6.45, 7) is -0.149. The van der Waals surface area contributed by atoms with E-state index < -0.39 is 143 Å². The number of ether oxygens (including phenoxy) is 1. The number of nitrogen functional groups attached to an aromatic ring is 1. The molecular weight excluding hydrogens is 1170 g/mol. The summed E-state index contributed by atoms with van der Waals surface area (Å²) in [7, 11) is -26.4. The number of fused-ring (bicyclic) bond motifs is 4. The highest BCUT2D eigenvalue weighted by atomic mass is 32.2. The van der Waals surface area contributed by atoms with E-state index in [1.807, 2.05) is 18.2 Å². The van der Waals surface area contributed by atoms with Crippen molar-refractivity contribution < 1.29 is 89.7 Å². The number of hydrogen-bond donors (Lipinski definition) is 9. The fraction of sp³-hybridized carbons (Fsp3) is 0. The number of hydrogen-bond acceptors (Lipinski definition) is 24. The molecule has 9 aromatic carbocycles. The van der Waals surface area contributed by atoms with Crippen molar-refractivity contribution in [1.82, 2.24) is 0 Å². The number of aromatic hydroxyl groups is 3. The summed E-state index contributed by atoms with van der Waals surface area (Å²) < 4.78 is 180. The van der Waals surface area contributed by atoms with E-state index in [1.54, 1.807) is 24.3 Å². The molecule has 9 rings (SSSR count). The zero-order valence-electron chi connectivity index (χ0n) is 39.8. The van der Waals surface area contributed by atoms with E-state index in [9.17, 15) is 85.0 Å². The first-order valence-corrected chi connectivity index (χ1v) is 29.1. The van der Waals surface area contributed by atoms with Gasteiger partial charge in [0.05, 0.1) is 27.3 Å². The normalized spacial score (nSPS) is 13.0. The number of phenols is 3. The third-order valence-electron chi connectivity index (χ3n) is 11.7. The number of phenolic OH excluding ortho intramolecular Hbond substituents is 3. The fourth-order valence-corrected chi connectivity index (χ4v) is 11.2. The molecule has 0 aliphatic heterocycles. The van der Waals surface area contributed by atoms with Crippen LogP contribution in [0.25, 0.3) is 43.1 Å². The minimum absolute atomic E-state index is 0.0190. The summed E-state index contributed by atoms with van der Waals surface area (Å²) in [5.74, 6) is -3.63. The lowest BCUT2D eigenvalue weighted by Gasteiger charge is -2.14. The van der Waals surface area contributed by atoms with Gasteiger partial charge in [0, 0.05) is 27.6 Å². The maximum Gasteiger partial charge on any atom is 0.298 e. The predicted molar refractivity (Wildman–Crippen MR) is 284 cm³/mol. The van der Waals surface area contributed by atoms with Crippen molar-refractivity contribution in [3.05, 3.63) is 121 Å². The van der Waals surface area contributed by atoms with Crippen LogP contribution in [0.2, 0.25) is 0 Å². The summed E-state index contributed by atoms with van der Waals surface area (Å²) in [4.78, 5) is 5.76. The lowest BCUT2D eigenvalue weighted by Crippen LogP contribution is -2.04. The summed E-state index contributed by atoms with van der Waals surface area (Å²) in [6.07, 6.45) is 0. The van der Waals surface area contributed by atoms with Gasteiger partial charge in [-0.15, -0.1) is 35.8 Å². The largest absolute Gasteiger partial charge is 0.505 e. The van der Waals surface area contributed by atoms with Gasteiger partial charge in [-0.2, -0.15) is 47.2 Å². The van der Waals surface area contributed by atoms with E-state index >= 15 is 0 Å². The van der Waals surface area contributed by atoms with Crippen LogP contribution in [-0.2, 0) is 55.4 Å². The number of carbonyl (C=O) groups excluding carboxylic acids is 1. The number of anilines is 1. The molecule has 0 unspecified atom stereocenters. The molecule has 0 amide bonds. The molecule has 10 N–H and O–H groups in total. The van der Waals surface area contributed by atoms with E-state index in [4.69, 9.17) is 10.5 Å². The van der Waals surface area contributed by atoms with Crippen molar-refractivity contribution >= 4 is 151 Å². The fourth-order valence-electron chi connectivity index (χ4n) is 8.07. The highest BCUT2D eigenvalue weighted by Gasteiger charge is 2.30. The Morgan fingerprint density at radius 1 is 0.395 bits per heavy atom. The summed E-state index contributed by atoms with van der Waals surface area (Å²) in [6, 6.07) is 24.2. The van der Waals surface area contributed by atoms with Gasteiger partial charge in [-0.1, -0.05) is 48.5 Å². The molecule has 414 valence electrons. The van der Waals surface area contributed by atoms with Crippen LogP contribution in [0.1, 0.15) is 0 Å². The molecule has 81 heavy (non-hydrogen) atoms. The van der Waals surface area contributed by atoms with Crippen LogP contribution in [-0.4, -0.2) is 86.6 Å². The van der Waals surface area contributed by atoms with Gasteiger partial charge in [-0.25, -0.2) is 0 Å². The molecule has 0 bridgehead atoms. The molecular formula is C47H31N9O20S5. The molecule has 34 heteroatoms. The van der Waals surface area contributed by atoms with Crippen LogP contribution in [0, 0.1) is 0 Å². The van der Waals surface area contributed by atoms with Gasteiger partial charge in [0.1, 0.15) is 53.7 Å². The van der Waals surface area contributed by atoms with Crippen molar-refractivity contribution in [2.75, 3.05) is 5.73 Å². The zero-order chi connectivity index (χ0) is 58.7. The van der Waals surface area contributed by atoms with Gasteiger partial charge in [0.2, 0.25) is 0 Å². The molecule has 9 aromatic rings. The zero-order valence-corrected chi connectivity index (χ0v) is 43.9. The summed E-state index contributed by atoms with van der Waals surface area (Å²) >= 11 is 0. The van der Waals surface area contributed by atoms with E-state index in [0.29, 0.717) is 29.3 Å². The highest BCUT2D eigenvalue weighted by molar-refractivity contribution is 7.87. The number of benzene rings is 9. The number of rotatable bonds is 15. The van der Waals surface area contributed by atoms with Crippen molar-refractivity contribution in [2.24, 2.45) is 40.9 Å². The highest BCUT2D eigenvalue weighted by Crippen LogP contribution is 2.50. The van der Waals surface area contributed by atoms with Gasteiger partial charge in [0.25, 0.3) is 57.1 Å². The van der Waals surface area contributed by atoms with Gasteiger partial charge >= 0.3 is 0 Å². The van der Waals surface area contributed by atoms with E-state index in [-0.39, 0.29) is 39.4 Å². The summed E-state index contributed by atoms with van der Waals surface area (Å²) in [5.41, 5.74) is 1.44. The molecule has 0 saturated carbocycles. The molecule has 29 nitrogen and oxygen atoms in total. The molecule has 0 aromatic heterocycles. The van der Waals surface area contributed by atoms with Crippen molar-refractivity contribution in [3.8, 4) is 23.0 Å². The smallest absolute Gasteiger partial charge is 0.298 e. The SMILES string of the molecule is Nc1c(N=Nc2ccc3cc(S(=O)(=O)O)c(N=Nc4ccc(S(=O)(=O)O)cc4OC=O)c(O)c3c2)cc(S(=O)(=O)O)c2cc(S(=O)(=O)O)c(N=Nc3cc4c(O)c(N=Nc5cccc6ccccc56)ccc4cc3S(=O)(=O)O)c(O)c12. The third kappa shape index (κ3) is 11.3. The Kier molecular flexibility index (Phi) is 14.4. The molecule has 0 saturated heterocycles. The van der Waals surface area contributed by atoms with Crippen LogP contribution in [0.3, 0.4) is 0 Å². The maximum atomic E-state index is 12.9. The molecule has 0 spiro atoms. The van der Waals surface area contributed by atoms with Crippen LogP contribution < -0.4 is 10.5 Å². The minimum Gasteiger partial charge on any atom is -0.505 e. The van der Waals surface area contributed by atoms with Gasteiger partial charge in [-0.05, 0) is 82.9 Å². The summed E-state index contributed by atoms with van der Waals surface area (Å²) in [5, 5.41) is 64.7. The molecule has 0 aliphatic carbocycles. The van der Waals surface area contributed by atoms with Crippen LogP contribution in [0.4, 0.5) is 51.2 Å². The molecule has 0 radical (unpaired) electrons. The van der Waals surface area contributed by atoms with Gasteiger partial charge < -0.3 is 25.8 Å². The van der Waals surface area contributed by atoms with Crippen LogP contribution in [0.15, 0.2) is 187 Å². The van der Waals surface area contributed by atoms with Gasteiger partial charge in [-0.3, -0.25) is 27.6 Å². The molecule has 0 atom stereocenters. The number of carbonyl (C=O) groups is 1. The van der Waals surface area contributed by atoms with Gasteiger partial charge in [0.15, 0.2) is 23.0 Å². The average Bonchev–Trinajstić information content (AvgIpc) is 3.38. The Balaban J connectivity index is 1.15. The maximum absolute atomic E-state index is 12.9. The van der Waals surface area contributed by atoms with Crippen LogP contribution >= 0.6 is 0 Å². The lowest BCUT2D eigenvalue weighted by molar-refractivity contribution is -0.120. The minimum atomic E-state index is -5.61. The second kappa shape index (κ2) is 20.7. The first-order valence-electron chi connectivity index (χ1n) is 21.9. The Bertz CT molecular complexity index is 4960. The number of azo groups is 4. The quantitative estimate of drug-likeness (QED) is 0.0199. The topological polar surface area (TPSA) is 484 Å². The second-order valence-corrected chi connectivity index (χ2v) is 23.8. The number of nitrogens with two attached hydrogens (primary N) is 1. The van der Waals surface area contributed by atoms with E-state index in [2.05, 4.69) is 40.9 Å². The Labute approximate surface area is 454 Å². The molecule has 0 aliphatic rings. The second-order valence-electron chi connectivity index (χ2n) is 16.8. The third-order valence-corrected chi connectivity index (χ3v) is 16.1. The average molecular weight is 1200 g/mol. The van der Waals surface area contributed by atoms with Crippen molar-refractivity contribution in [3.63, 3.8) is 0 Å². The monoisotopic (exact) mass is 1200 g/mol. The standard InChI is InChI=1S/C47H31N9O20S5/c48-42-35(54-49-25-10-8-23-15-39(80(70,71)72)43(46(59)28(23)16-25)55-51-32-13-11-26(77(61,62)63)17-36(32)76-21-57)20-37(78(64,65)66)30-19-40(81(73,74)75)44(47(60)41(30)42)56-53-34-18-29-24(14-38(34)79(67,68)69)9-12-33(45(29)58)52-50-31-7-3-5-22-4-1-2-6-27(22)31/h1-21,58-60H,48H2,(H,61,62,63)(H,64,65,66)(H,67,68,69)(H,70,71,72)(H,73,74,75). The van der Waals surface area contributed by atoms with E-state index in [0.717, 1.165) is 53.9 Å². The first kappa shape index (κ1) is 56.4. The lowest BCUT2D eigenvalue weighted by atomic mass is 10.0. The molecule has 0 fully saturated rings. The Hall–Kier alpha value is -9.36. The van der Waals surface area contributed by atoms with E-state index in [1.165, 1.54) is 12.1 Å².